The largest absolute Gasteiger partial charge is 0.462 e. The second-order valence-electron chi connectivity index (χ2n) is 12.5. The van der Waals surface area contributed by atoms with Crippen LogP contribution >= 0.6 is 0 Å². The molecule has 0 amide bonds. The fourth-order valence-electron chi connectivity index (χ4n) is 5.92. The number of rotatable bonds is 16. The van der Waals surface area contributed by atoms with Gasteiger partial charge in [-0.15, -0.1) is 0 Å². The highest BCUT2D eigenvalue weighted by Crippen LogP contribution is 2.31. The van der Waals surface area contributed by atoms with Crippen LogP contribution in [0.2, 0.25) is 0 Å². The zero-order valence-electron chi connectivity index (χ0n) is 27.7. The highest BCUT2D eigenvalue weighted by molar-refractivity contribution is 5.86. The van der Waals surface area contributed by atoms with Gasteiger partial charge in [0.2, 0.25) is 0 Å². The van der Waals surface area contributed by atoms with E-state index in [2.05, 4.69) is 112 Å². The summed E-state index contributed by atoms with van der Waals surface area (Å²) in [5, 5.41) is 9.71. The second kappa shape index (κ2) is 16.9. The molecule has 0 aliphatic carbocycles. The molecule has 0 fully saturated rings. The molecule has 236 valence electrons. The van der Waals surface area contributed by atoms with Crippen LogP contribution in [0, 0.1) is 12.8 Å². The van der Waals surface area contributed by atoms with Crippen molar-refractivity contribution in [1.82, 2.24) is 0 Å². The van der Waals surface area contributed by atoms with Crippen molar-refractivity contribution in [2.24, 2.45) is 5.92 Å². The predicted molar refractivity (Wildman–Crippen MR) is 189 cm³/mol. The number of hydrogen-bond acceptors (Lipinski definition) is 3. The first-order valence-corrected chi connectivity index (χ1v) is 16.6. The van der Waals surface area contributed by atoms with Gasteiger partial charge in [0.1, 0.15) is 0 Å². The first-order chi connectivity index (χ1) is 21.8. The minimum Gasteiger partial charge on any atom is -0.462 e. The van der Waals surface area contributed by atoms with Crippen LogP contribution in [0.5, 0.6) is 0 Å². The Bertz CT molecular complexity index is 1550. The number of unbranched alkanes of at least 4 members (excludes halogenated alkanes) is 2. The maximum Gasteiger partial charge on any atom is 0.333 e. The lowest BCUT2D eigenvalue weighted by atomic mass is 9.91. The summed E-state index contributed by atoms with van der Waals surface area (Å²) < 4.78 is 5.23. The van der Waals surface area contributed by atoms with Crippen LogP contribution < -0.4 is 0 Å². The van der Waals surface area contributed by atoms with Crippen molar-refractivity contribution in [2.45, 2.75) is 79.1 Å². The molecule has 0 bridgehead atoms. The fraction of sp³-hybridized carbons (Fsp3) is 0.357. The average Bonchev–Trinajstić information content (AvgIpc) is 3.06. The minimum atomic E-state index is -0.412. The van der Waals surface area contributed by atoms with Crippen LogP contribution in [0.15, 0.2) is 97.1 Å². The number of carbonyl (C=O) groups is 1. The fourth-order valence-corrected chi connectivity index (χ4v) is 5.92. The van der Waals surface area contributed by atoms with Gasteiger partial charge in [-0.3, -0.25) is 0 Å². The Morgan fingerprint density at radius 3 is 1.98 bits per heavy atom. The molecule has 0 spiro atoms. The molecule has 1 unspecified atom stereocenters. The molecule has 0 aliphatic heterocycles. The molecular weight excluding hydrogens is 552 g/mol. The third-order valence-electron chi connectivity index (χ3n) is 8.77. The van der Waals surface area contributed by atoms with E-state index in [0.717, 1.165) is 24.8 Å². The molecule has 4 aromatic rings. The van der Waals surface area contributed by atoms with E-state index < -0.39 is 5.97 Å². The molecule has 4 aromatic carbocycles. The third kappa shape index (κ3) is 9.77. The lowest BCUT2D eigenvalue weighted by Gasteiger charge is -2.15. The van der Waals surface area contributed by atoms with Crippen LogP contribution in [0.25, 0.3) is 22.3 Å². The van der Waals surface area contributed by atoms with Crippen LogP contribution in [0.4, 0.5) is 0 Å². The lowest BCUT2D eigenvalue weighted by Crippen LogP contribution is -2.19. The van der Waals surface area contributed by atoms with Crippen molar-refractivity contribution < 1.29 is 14.6 Å². The average molecular weight is 603 g/mol. The van der Waals surface area contributed by atoms with Gasteiger partial charge in [0, 0.05) is 18.1 Å². The van der Waals surface area contributed by atoms with E-state index in [4.69, 9.17) is 4.74 Å². The zero-order chi connectivity index (χ0) is 32.2. The number of esters is 1. The summed E-state index contributed by atoms with van der Waals surface area (Å²) in [6.07, 6.45) is 8.68. The predicted octanol–water partition coefficient (Wildman–Crippen LogP) is 9.68. The van der Waals surface area contributed by atoms with Gasteiger partial charge < -0.3 is 9.84 Å². The number of ether oxygens (including phenoxy) is 1. The number of aliphatic hydroxyl groups is 1. The van der Waals surface area contributed by atoms with Crippen molar-refractivity contribution in [3.8, 4) is 22.3 Å². The highest BCUT2D eigenvalue weighted by Gasteiger charge is 2.13. The quantitative estimate of drug-likeness (QED) is 0.0789. The first-order valence-electron chi connectivity index (χ1n) is 16.6. The SMILES string of the molecule is C=C(C)C(=O)OCC(CO)Cc1ccc(CCc2ccc(-c3ccc(-c4ccc(CCCCC)c(CC)c4)c(C)c3)cc2)cc1. The summed E-state index contributed by atoms with van der Waals surface area (Å²) >= 11 is 0. The molecule has 0 aliphatic rings. The van der Waals surface area contributed by atoms with E-state index in [0.29, 0.717) is 12.0 Å². The topological polar surface area (TPSA) is 46.5 Å². The van der Waals surface area contributed by atoms with Gasteiger partial charge in [0.05, 0.1) is 6.61 Å². The minimum absolute atomic E-state index is 0.0300. The van der Waals surface area contributed by atoms with Crippen molar-refractivity contribution in [3.63, 3.8) is 0 Å². The normalized spacial score (nSPS) is 11.8. The summed E-state index contributed by atoms with van der Waals surface area (Å²) in [5.41, 5.74) is 13.5. The molecule has 45 heavy (non-hydrogen) atoms. The molecule has 0 saturated heterocycles. The van der Waals surface area contributed by atoms with Crippen molar-refractivity contribution >= 4 is 5.97 Å². The Balaban J connectivity index is 1.33. The van der Waals surface area contributed by atoms with Gasteiger partial charge in [-0.25, -0.2) is 4.79 Å². The summed E-state index contributed by atoms with van der Waals surface area (Å²) in [7, 11) is 0. The van der Waals surface area contributed by atoms with E-state index in [-0.39, 0.29) is 19.1 Å². The molecule has 3 nitrogen and oxygen atoms in total. The second-order valence-corrected chi connectivity index (χ2v) is 12.5. The van der Waals surface area contributed by atoms with E-state index in [1.807, 2.05) is 0 Å². The Morgan fingerprint density at radius 2 is 1.38 bits per heavy atom. The van der Waals surface area contributed by atoms with Crippen molar-refractivity contribution in [2.75, 3.05) is 13.2 Å². The van der Waals surface area contributed by atoms with Gasteiger partial charge in [-0.1, -0.05) is 118 Å². The molecule has 3 heteroatoms. The molecule has 0 saturated carbocycles. The molecular formula is C42H50O3. The number of hydrogen-bond donors (Lipinski definition) is 1. The molecule has 1 atom stereocenters. The smallest absolute Gasteiger partial charge is 0.333 e. The van der Waals surface area contributed by atoms with Gasteiger partial charge in [0.25, 0.3) is 0 Å². The molecule has 1 N–H and O–H groups in total. The molecule has 0 radical (unpaired) electrons. The Morgan fingerprint density at radius 1 is 0.756 bits per heavy atom. The Kier molecular flexibility index (Phi) is 12.8. The van der Waals surface area contributed by atoms with Crippen molar-refractivity contribution in [1.29, 1.82) is 0 Å². The van der Waals surface area contributed by atoms with Crippen LogP contribution in [-0.4, -0.2) is 24.3 Å². The van der Waals surface area contributed by atoms with E-state index in [1.54, 1.807) is 6.92 Å². The van der Waals surface area contributed by atoms with Gasteiger partial charge >= 0.3 is 5.97 Å². The van der Waals surface area contributed by atoms with Crippen molar-refractivity contribution in [3.05, 3.63) is 130 Å². The lowest BCUT2D eigenvalue weighted by molar-refractivity contribution is -0.140. The zero-order valence-corrected chi connectivity index (χ0v) is 27.7. The standard InChI is InChI=1S/C42H50O3/c1-6-8-9-10-37-21-22-40(27-36(37)7-2)41-24-23-39(25-31(41)5)38-19-17-33(18-20-38)12-11-32-13-15-34(16-14-32)26-35(28-43)29-45-42(44)30(3)4/h13-25,27,35,43H,3,6-12,26,28-29H2,1-2,4-5H3. The maximum atomic E-state index is 11.7. The molecule has 0 heterocycles. The summed E-state index contributed by atoms with van der Waals surface area (Å²) in [6, 6.07) is 31.4. The number of aliphatic hydroxyl groups excluding tert-OH is 1. The van der Waals surface area contributed by atoms with Gasteiger partial charge in [-0.05, 0) is 108 Å². The Labute approximate surface area is 271 Å². The van der Waals surface area contributed by atoms with Crippen LogP contribution in [-0.2, 0) is 41.6 Å². The van der Waals surface area contributed by atoms with Gasteiger partial charge in [-0.2, -0.15) is 0 Å². The van der Waals surface area contributed by atoms with E-state index >= 15 is 0 Å². The summed E-state index contributed by atoms with van der Waals surface area (Å²) in [4.78, 5) is 11.7. The number of aryl methyl sites for hydroxylation is 5. The van der Waals surface area contributed by atoms with Crippen LogP contribution in [0.1, 0.15) is 73.4 Å². The number of carbonyl (C=O) groups excluding carboxylic acids is 1. The maximum absolute atomic E-state index is 11.7. The van der Waals surface area contributed by atoms with E-state index in [1.165, 1.54) is 75.8 Å². The molecule has 0 aromatic heterocycles. The van der Waals surface area contributed by atoms with E-state index in [9.17, 15) is 9.90 Å². The monoisotopic (exact) mass is 602 g/mol. The number of benzene rings is 4. The summed E-state index contributed by atoms with van der Waals surface area (Å²) in [6.45, 7) is 12.1. The van der Waals surface area contributed by atoms with Crippen LogP contribution in [0.3, 0.4) is 0 Å². The third-order valence-corrected chi connectivity index (χ3v) is 8.77. The molecule has 4 rings (SSSR count). The highest BCUT2D eigenvalue weighted by atomic mass is 16.5. The van der Waals surface area contributed by atoms with Gasteiger partial charge in [0.15, 0.2) is 0 Å². The summed E-state index contributed by atoms with van der Waals surface area (Å²) in [5.74, 6) is -0.539. The Hall–Kier alpha value is -3.95. The first kappa shape index (κ1) is 33.9.